The van der Waals surface area contributed by atoms with Crippen LogP contribution in [-0.2, 0) is 11.2 Å². The second-order valence-corrected chi connectivity index (χ2v) is 5.55. The van der Waals surface area contributed by atoms with Gasteiger partial charge >= 0.3 is 0 Å². The Hall–Kier alpha value is -2.69. The van der Waals surface area contributed by atoms with Crippen molar-refractivity contribution in [3.8, 4) is 0 Å². The van der Waals surface area contributed by atoms with Crippen LogP contribution >= 0.6 is 0 Å². The van der Waals surface area contributed by atoms with Gasteiger partial charge in [0.25, 0.3) is 0 Å². The highest BCUT2D eigenvalue weighted by Gasteiger charge is 2.13. The third kappa shape index (κ3) is 3.74. The van der Waals surface area contributed by atoms with Crippen molar-refractivity contribution in [2.75, 3.05) is 0 Å². The van der Waals surface area contributed by atoms with E-state index in [4.69, 9.17) is 0 Å². The van der Waals surface area contributed by atoms with Gasteiger partial charge in [-0.25, -0.2) is 9.37 Å². The number of rotatable bonds is 5. The van der Waals surface area contributed by atoms with E-state index >= 15 is 0 Å². The number of aromatic nitrogens is 2. The van der Waals surface area contributed by atoms with Crippen LogP contribution in [0.25, 0.3) is 11.0 Å². The quantitative estimate of drug-likeness (QED) is 0.757. The fourth-order valence-electron chi connectivity index (χ4n) is 2.47. The van der Waals surface area contributed by atoms with Crippen molar-refractivity contribution >= 4 is 16.9 Å². The predicted molar refractivity (Wildman–Crippen MR) is 87.4 cm³/mol. The molecule has 5 heteroatoms. The maximum Gasteiger partial charge on any atom is 0.220 e. The molecule has 0 aliphatic heterocycles. The Morgan fingerprint density at radius 1 is 1.22 bits per heavy atom. The highest BCUT2D eigenvalue weighted by molar-refractivity contribution is 5.77. The maximum absolute atomic E-state index is 12.8. The third-order valence-corrected chi connectivity index (χ3v) is 3.75. The maximum atomic E-state index is 12.8. The summed E-state index contributed by atoms with van der Waals surface area (Å²) in [7, 11) is 0. The Morgan fingerprint density at radius 2 is 1.96 bits per heavy atom. The standard InChI is InChI=1S/C18H18FN3O/c1-12(18-21-15-4-2-3-5-16(15)22-18)20-17(23)11-8-13-6-9-14(19)10-7-13/h2-7,9-10,12H,8,11H2,1H3,(H,20,23)(H,21,22)/t12-/m1/s1. The molecule has 0 saturated carbocycles. The first-order chi connectivity index (χ1) is 11.1. The monoisotopic (exact) mass is 311 g/mol. The topological polar surface area (TPSA) is 57.8 Å². The van der Waals surface area contributed by atoms with E-state index in [9.17, 15) is 9.18 Å². The van der Waals surface area contributed by atoms with E-state index in [-0.39, 0.29) is 17.8 Å². The minimum Gasteiger partial charge on any atom is -0.346 e. The minimum atomic E-state index is -0.267. The molecule has 1 aromatic heterocycles. The zero-order valence-electron chi connectivity index (χ0n) is 12.8. The van der Waals surface area contributed by atoms with E-state index in [0.717, 1.165) is 22.4 Å². The lowest BCUT2D eigenvalue weighted by atomic mass is 10.1. The number of imidazole rings is 1. The molecule has 3 rings (SSSR count). The van der Waals surface area contributed by atoms with Crippen LogP contribution in [0.2, 0.25) is 0 Å². The molecule has 0 saturated heterocycles. The molecule has 2 N–H and O–H groups in total. The van der Waals surface area contributed by atoms with Gasteiger partial charge in [-0.1, -0.05) is 24.3 Å². The molecule has 2 aromatic carbocycles. The molecule has 0 radical (unpaired) electrons. The number of para-hydroxylation sites is 2. The fourth-order valence-corrected chi connectivity index (χ4v) is 2.47. The zero-order valence-corrected chi connectivity index (χ0v) is 12.8. The van der Waals surface area contributed by atoms with Crippen LogP contribution in [0.15, 0.2) is 48.5 Å². The molecule has 0 unspecified atom stereocenters. The fraction of sp³-hybridized carbons (Fsp3) is 0.222. The Morgan fingerprint density at radius 3 is 2.70 bits per heavy atom. The van der Waals surface area contributed by atoms with Crippen molar-refractivity contribution in [3.05, 3.63) is 65.7 Å². The summed E-state index contributed by atoms with van der Waals surface area (Å²) < 4.78 is 12.8. The molecule has 0 aliphatic rings. The summed E-state index contributed by atoms with van der Waals surface area (Å²) in [6.07, 6.45) is 0.940. The first-order valence-corrected chi connectivity index (χ1v) is 7.60. The number of fused-ring (bicyclic) bond motifs is 1. The van der Waals surface area contributed by atoms with Crippen LogP contribution in [-0.4, -0.2) is 15.9 Å². The Kier molecular flexibility index (Phi) is 4.37. The number of carbonyl (C=O) groups is 1. The SMILES string of the molecule is C[C@@H](NC(=O)CCc1ccc(F)cc1)c1nc2ccccc2[nH]1. The number of benzene rings is 2. The van der Waals surface area contributed by atoms with Crippen LogP contribution in [0, 0.1) is 5.82 Å². The second-order valence-electron chi connectivity index (χ2n) is 5.55. The molecule has 23 heavy (non-hydrogen) atoms. The Labute approximate surface area is 133 Å². The number of hydrogen-bond donors (Lipinski definition) is 2. The lowest BCUT2D eigenvalue weighted by Crippen LogP contribution is -2.27. The van der Waals surface area contributed by atoms with Gasteiger partial charge in [0, 0.05) is 6.42 Å². The molecule has 3 aromatic rings. The molecule has 0 bridgehead atoms. The van der Waals surface area contributed by atoms with Gasteiger partial charge < -0.3 is 10.3 Å². The highest BCUT2D eigenvalue weighted by atomic mass is 19.1. The molecular formula is C18H18FN3O. The number of H-pyrrole nitrogens is 1. The number of nitrogens with zero attached hydrogens (tertiary/aromatic N) is 1. The molecule has 1 amide bonds. The number of aromatic amines is 1. The highest BCUT2D eigenvalue weighted by Crippen LogP contribution is 2.15. The third-order valence-electron chi connectivity index (χ3n) is 3.75. The van der Waals surface area contributed by atoms with E-state index < -0.39 is 0 Å². The average Bonchev–Trinajstić information content (AvgIpc) is 2.98. The summed E-state index contributed by atoms with van der Waals surface area (Å²) in [5, 5.41) is 2.93. The van der Waals surface area contributed by atoms with Gasteiger partial charge in [0.2, 0.25) is 5.91 Å². The number of halogens is 1. The number of carbonyl (C=O) groups excluding carboxylic acids is 1. The summed E-state index contributed by atoms with van der Waals surface area (Å²) >= 11 is 0. The van der Waals surface area contributed by atoms with Crippen molar-refractivity contribution < 1.29 is 9.18 Å². The predicted octanol–water partition coefficient (Wildman–Crippen LogP) is 3.51. The molecule has 0 fully saturated rings. The largest absolute Gasteiger partial charge is 0.346 e. The molecular weight excluding hydrogens is 293 g/mol. The van der Waals surface area contributed by atoms with E-state index in [1.807, 2.05) is 31.2 Å². The minimum absolute atomic E-state index is 0.0534. The van der Waals surface area contributed by atoms with Crippen LogP contribution in [0.4, 0.5) is 4.39 Å². The van der Waals surface area contributed by atoms with Crippen molar-refractivity contribution in [1.29, 1.82) is 0 Å². The lowest BCUT2D eigenvalue weighted by molar-refractivity contribution is -0.121. The van der Waals surface area contributed by atoms with Gasteiger partial charge in [0.05, 0.1) is 17.1 Å². The molecule has 1 heterocycles. The number of hydrogen-bond acceptors (Lipinski definition) is 2. The number of nitrogens with one attached hydrogen (secondary N) is 2. The van der Waals surface area contributed by atoms with Gasteiger partial charge in [-0.2, -0.15) is 0 Å². The molecule has 1 atom stereocenters. The summed E-state index contributed by atoms with van der Waals surface area (Å²) in [5.74, 6) is 0.417. The van der Waals surface area contributed by atoms with Gasteiger partial charge in [0.15, 0.2) is 0 Å². The summed E-state index contributed by atoms with van der Waals surface area (Å²) in [6.45, 7) is 1.90. The molecule has 0 aliphatic carbocycles. The molecule has 118 valence electrons. The molecule has 0 spiro atoms. The van der Waals surface area contributed by atoms with Crippen LogP contribution < -0.4 is 5.32 Å². The van der Waals surface area contributed by atoms with Crippen molar-refractivity contribution in [2.45, 2.75) is 25.8 Å². The second kappa shape index (κ2) is 6.60. The first kappa shape index (κ1) is 15.2. The average molecular weight is 311 g/mol. The van der Waals surface area contributed by atoms with E-state index in [1.165, 1.54) is 12.1 Å². The number of aryl methyl sites for hydroxylation is 1. The van der Waals surface area contributed by atoms with Gasteiger partial charge in [-0.3, -0.25) is 4.79 Å². The van der Waals surface area contributed by atoms with E-state index in [2.05, 4.69) is 15.3 Å². The van der Waals surface area contributed by atoms with Crippen molar-refractivity contribution in [2.24, 2.45) is 0 Å². The lowest BCUT2D eigenvalue weighted by Gasteiger charge is -2.11. The first-order valence-electron chi connectivity index (χ1n) is 7.60. The summed E-state index contributed by atoms with van der Waals surface area (Å²) in [4.78, 5) is 19.8. The van der Waals surface area contributed by atoms with Crippen molar-refractivity contribution in [1.82, 2.24) is 15.3 Å². The van der Waals surface area contributed by atoms with Gasteiger partial charge in [-0.15, -0.1) is 0 Å². The molecule has 4 nitrogen and oxygen atoms in total. The Balaban J connectivity index is 1.57. The smallest absolute Gasteiger partial charge is 0.220 e. The van der Waals surface area contributed by atoms with Crippen molar-refractivity contribution in [3.63, 3.8) is 0 Å². The van der Waals surface area contributed by atoms with Crippen LogP contribution in [0.5, 0.6) is 0 Å². The van der Waals surface area contributed by atoms with Crippen LogP contribution in [0.3, 0.4) is 0 Å². The normalized spacial score (nSPS) is 12.3. The van der Waals surface area contributed by atoms with Crippen LogP contribution in [0.1, 0.15) is 30.8 Å². The van der Waals surface area contributed by atoms with Gasteiger partial charge in [0.1, 0.15) is 11.6 Å². The number of amides is 1. The zero-order chi connectivity index (χ0) is 16.2. The van der Waals surface area contributed by atoms with E-state index in [0.29, 0.717) is 12.8 Å². The Bertz CT molecular complexity index is 778. The summed E-state index contributed by atoms with van der Waals surface area (Å²) in [6, 6.07) is 13.8. The van der Waals surface area contributed by atoms with Gasteiger partial charge in [-0.05, 0) is 43.2 Å². The van der Waals surface area contributed by atoms with E-state index in [1.54, 1.807) is 12.1 Å². The summed E-state index contributed by atoms with van der Waals surface area (Å²) in [5.41, 5.74) is 2.78.